The Labute approximate surface area is 119 Å². The van der Waals surface area contributed by atoms with Crippen LogP contribution in [0.1, 0.15) is 31.4 Å². The molecular formula is C17H20N2O. The third kappa shape index (κ3) is 2.13. The number of nitrogens with one attached hydrogen (secondary N) is 1. The van der Waals surface area contributed by atoms with Gasteiger partial charge in [0.05, 0.1) is 0 Å². The first-order chi connectivity index (χ1) is 9.56. The Morgan fingerprint density at radius 3 is 2.75 bits per heavy atom. The summed E-state index contributed by atoms with van der Waals surface area (Å²) in [5.74, 6) is 0.232. The van der Waals surface area contributed by atoms with Gasteiger partial charge in [-0.15, -0.1) is 0 Å². The average Bonchev–Trinajstić information content (AvgIpc) is 2.90. The summed E-state index contributed by atoms with van der Waals surface area (Å²) in [6, 6.07) is 6.44. The van der Waals surface area contributed by atoms with Crippen molar-refractivity contribution in [2.24, 2.45) is 0 Å². The van der Waals surface area contributed by atoms with Crippen molar-refractivity contribution in [2.45, 2.75) is 33.6 Å². The molecule has 0 atom stereocenters. The monoisotopic (exact) mass is 268 g/mol. The van der Waals surface area contributed by atoms with Gasteiger partial charge >= 0.3 is 0 Å². The van der Waals surface area contributed by atoms with Gasteiger partial charge in [-0.3, -0.25) is 4.79 Å². The summed E-state index contributed by atoms with van der Waals surface area (Å²) in [5.41, 5.74) is 6.05. The molecule has 104 valence electrons. The summed E-state index contributed by atoms with van der Waals surface area (Å²) in [4.78, 5) is 17.2. The van der Waals surface area contributed by atoms with E-state index in [9.17, 15) is 4.79 Å². The molecule has 3 heteroatoms. The highest BCUT2D eigenvalue weighted by molar-refractivity contribution is 5.85. The van der Waals surface area contributed by atoms with Gasteiger partial charge < -0.3 is 9.88 Å². The molecular weight excluding hydrogens is 248 g/mol. The molecule has 2 aromatic rings. The number of hydrogen-bond donors (Lipinski definition) is 1. The standard InChI is InChI=1S/C17H20N2O/c1-11-4-5-16-15(8-11)14(10-18-16)6-7-19-13(3)12(2)9-17(19)20/h4-5,8,10,18H,6-7,9H2,1-3H3. The molecule has 0 spiro atoms. The zero-order chi connectivity index (χ0) is 14.3. The van der Waals surface area contributed by atoms with Crippen LogP contribution in [0.5, 0.6) is 0 Å². The third-order valence-electron chi connectivity index (χ3n) is 4.27. The van der Waals surface area contributed by atoms with Gasteiger partial charge in [0.25, 0.3) is 0 Å². The van der Waals surface area contributed by atoms with Crippen LogP contribution in [0, 0.1) is 6.92 Å². The number of aryl methyl sites for hydroxylation is 1. The number of H-pyrrole nitrogens is 1. The third-order valence-corrected chi connectivity index (χ3v) is 4.27. The second-order valence-corrected chi connectivity index (χ2v) is 5.70. The number of fused-ring (bicyclic) bond motifs is 1. The number of aromatic nitrogens is 1. The predicted molar refractivity (Wildman–Crippen MR) is 81.4 cm³/mol. The van der Waals surface area contributed by atoms with Crippen molar-refractivity contribution in [3.8, 4) is 0 Å². The van der Waals surface area contributed by atoms with Crippen LogP contribution in [-0.2, 0) is 11.2 Å². The van der Waals surface area contributed by atoms with Crippen molar-refractivity contribution in [3.63, 3.8) is 0 Å². The lowest BCUT2D eigenvalue weighted by Gasteiger charge is -2.17. The van der Waals surface area contributed by atoms with Gasteiger partial charge in [0.15, 0.2) is 0 Å². The van der Waals surface area contributed by atoms with Crippen molar-refractivity contribution in [3.05, 3.63) is 46.8 Å². The molecule has 0 unspecified atom stereocenters. The lowest BCUT2D eigenvalue weighted by Crippen LogP contribution is -2.26. The van der Waals surface area contributed by atoms with E-state index >= 15 is 0 Å². The topological polar surface area (TPSA) is 36.1 Å². The lowest BCUT2D eigenvalue weighted by molar-refractivity contribution is -0.127. The molecule has 1 amide bonds. The molecule has 0 bridgehead atoms. The second-order valence-electron chi connectivity index (χ2n) is 5.70. The van der Waals surface area contributed by atoms with Crippen LogP contribution < -0.4 is 0 Å². The van der Waals surface area contributed by atoms with Crippen LogP contribution in [0.2, 0.25) is 0 Å². The molecule has 0 fully saturated rings. The van der Waals surface area contributed by atoms with E-state index in [1.54, 1.807) is 0 Å². The number of rotatable bonds is 3. The molecule has 1 N–H and O–H groups in total. The number of amides is 1. The maximum absolute atomic E-state index is 11.9. The molecule has 3 rings (SSSR count). The average molecular weight is 268 g/mol. The van der Waals surface area contributed by atoms with Gasteiger partial charge in [-0.1, -0.05) is 11.6 Å². The number of nitrogens with zero attached hydrogens (tertiary/aromatic N) is 1. The fraction of sp³-hybridized carbons (Fsp3) is 0.353. The normalized spacial score (nSPS) is 15.8. The summed E-state index contributed by atoms with van der Waals surface area (Å²) >= 11 is 0. The molecule has 1 aliphatic heterocycles. The Hall–Kier alpha value is -2.03. The quantitative estimate of drug-likeness (QED) is 0.908. The summed E-state index contributed by atoms with van der Waals surface area (Å²) < 4.78 is 0. The summed E-state index contributed by atoms with van der Waals surface area (Å²) in [7, 11) is 0. The molecule has 0 saturated carbocycles. The molecule has 1 aromatic carbocycles. The Morgan fingerprint density at radius 2 is 2.05 bits per heavy atom. The summed E-state index contributed by atoms with van der Waals surface area (Å²) in [5, 5.41) is 1.27. The minimum atomic E-state index is 0.232. The van der Waals surface area contributed by atoms with Gasteiger partial charge in [0.2, 0.25) is 5.91 Å². The summed E-state index contributed by atoms with van der Waals surface area (Å²) in [6.07, 6.45) is 3.54. The van der Waals surface area contributed by atoms with E-state index in [-0.39, 0.29) is 5.91 Å². The van der Waals surface area contributed by atoms with Crippen LogP contribution in [0.15, 0.2) is 35.7 Å². The van der Waals surface area contributed by atoms with Crippen LogP contribution in [0.25, 0.3) is 10.9 Å². The fourth-order valence-corrected chi connectivity index (χ4v) is 2.89. The van der Waals surface area contributed by atoms with E-state index in [4.69, 9.17) is 0 Å². The second kappa shape index (κ2) is 4.82. The van der Waals surface area contributed by atoms with Crippen LogP contribution in [0.4, 0.5) is 0 Å². The Morgan fingerprint density at radius 1 is 1.25 bits per heavy atom. The highest BCUT2D eigenvalue weighted by Gasteiger charge is 2.24. The minimum absolute atomic E-state index is 0.232. The number of allylic oxidation sites excluding steroid dienone is 1. The van der Waals surface area contributed by atoms with Crippen molar-refractivity contribution < 1.29 is 4.79 Å². The first-order valence-electron chi connectivity index (χ1n) is 7.09. The number of carbonyl (C=O) groups is 1. The van der Waals surface area contributed by atoms with Gasteiger partial charge in [0.1, 0.15) is 0 Å². The fourth-order valence-electron chi connectivity index (χ4n) is 2.89. The maximum atomic E-state index is 11.9. The van der Waals surface area contributed by atoms with Gasteiger partial charge in [-0.05, 0) is 50.5 Å². The zero-order valence-electron chi connectivity index (χ0n) is 12.3. The van der Waals surface area contributed by atoms with Crippen molar-refractivity contribution in [1.29, 1.82) is 0 Å². The summed E-state index contributed by atoms with van der Waals surface area (Å²) in [6.45, 7) is 6.96. The van der Waals surface area contributed by atoms with E-state index in [0.717, 1.165) is 18.7 Å². The molecule has 0 saturated heterocycles. The molecule has 1 aliphatic rings. The van der Waals surface area contributed by atoms with Crippen LogP contribution in [0.3, 0.4) is 0 Å². The van der Waals surface area contributed by atoms with Gasteiger partial charge in [-0.25, -0.2) is 0 Å². The van der Waals surface area contributed by atoms with E-state index < -0.39 is 0 Å². The predicted octanol–water partition coefficient (Wildman–Crippen LogP) is 3.55. The van der Waals surface area contributed by atoms with Crippen LogP contribution >= 0.6 is 0 Å². The minimum Gasteiger partial charge on any atom is -0.361 e. The maximum Gasteiger partial charge on any atom is 0.230 e. The lowest BCUT2D eigenvalue weighted by atomic mass is 10.1. The van der Waals surface area contributed by atoms with Crippen molar-refractivity contribution >= 4 is 16.8 Å². The first-order valence-corrected chi connectivity index (χ1v) is 7.09. The largest absolute Gasteiger partial charge is 0.361 e. The zero-order valence-corrected chi connectivity index (χ0v) is 12.3. The smallest absolute Gasteiger partial charge is 0.230 e. The molecule has 1 aromatic heterocycles. The van der Waals surface area contributed by atoms with Crippen molar-refractivity contribution in [2.75, 3.05) is 6.54 Å². The Balaban J connectivity index is 1.81. The van der Waals surface area contributed by atoms with E-state index in [0.29, 0.717) is 6.42 Å². The highest BCUT2D eigenvalue weighted by Crippen LogP contribution is 2.25. The number of benzene rings is 1. The molecule has 0 radical (unpaired) electrons. The molecule has 2 heterocycles. The first kappa shape index (κ1) is 13.0. The van der Waals surface area contributed by atoms with E-state index in [2.05, 4.69) is 36.3 Å². The van der Waals surface area contributed by atoms with E-state index in [1.807, 2.05) is 18.7 Å². The highest BCUT2D eigenvalue weighted by atomic mass is 16.2. The van der Waals surface area contributed by atoms with Crippen molar-refractivity contribution in [1.82, 2.24) is 9.88 Å². The number of carbonyl (C=O) groups excluding carboxylic acids is 1. The number of hydrogen-bond acceptors (Lipinski definition) is 1. The van der Waals surface area contributed by atoms with Gasteiger partial charge in [-0.2, -0.15) is 0 Å². The number of aromatic amines is 1. The van der Waals surface area contributed by atoms with E-state index in [1.165, 1.54) is 27.6 Å². The SMILES string of the molecule is CC1=C(C)N(CCc2c[nH]c3ccc(C)cc23)C(=O)C1. The molecule has 20 heavy (non-hydrogen) atoms. The molecule has 0 aliphatic carbocycles. The Kier molecular flexibility index (Phi) is 3.13. The van der Waals surface area contributed by atoms with Gasteiger partial charge in [0, 0.05) is 35.8 Å². The molecule has 3 nitrogen and oxygen atoms in total. The van der Waals surface area contributed by atoms with Crippen LogP contribution in [-0.4, -0.2) is 22.3 Å². The Bertz CT molecular complexity index is 709.